The molecule has 0 unspecified atom stereocenters. The van der Waals surface area contributed by atoms with Gasteiger partial charge < -0.3 is 10.2 Å². The molecule has 0 aliphatic carbocycles. The molecule has 0 fully saturated rings. The van der Waals surface area contributed by atoms with Crippen molar-refractivity contribution in [2.24, 2.45) is 0 Å². The van der Waals surface area contributed by atoms with Gasteiger partial charge in [-0.05, 0) is 45.5 Å². The van der Waals surface area contributed by atoms with Crippen LogP contribution in [0.2, 0.25) is 0 Å². The summed E-state index contributed by atoms with van der Waals surface area (Å²) in [5, 5.41) is 3.17. The third kappa shape index (κ3) is 3.20. The predicted molar refractivity (Wildman–Crippen MR) is 65.3 cm³/mol. The Bertz CT molecular complexity index is 306. The number of aromatic nitrogens is 1. The standard InChI is InChI=1S/C12H21N3/c1-5-15(6-2)12-8-11(9-13-4)7-10(3)14-12/h7-8,13H,5-6,9H2,1-4H3. The Morgan fingerprint density at radius 1 is 1.27 bits per heavy atom. The van der Waals surface area contributed by atoms with E-state index in [0.717, 1.165) is 31.1 Å². The molecule has 15 heavy (non-hydrogen) atoms. The number of nitrogens with zero attached hydrogens (tertiary/aromatic N) is 2. The minimum atomic E-state index is 0.900. The van der Waals surface area contributed by atoms with Crippen LogP contribution in [0.25, 0.3) is 0 Å². The maximum atomic E-state index is 4.56. The highest BCUT2D eigenvalue weighted by molar-refractivity contribution is 5.42. The van der Waals surface area contributed by atoms with Crippen LogP contribution in [0, 0.1) is 6.92 Å². The molecule has 0 aromatic carbocycles. The van der Waals surface area contributed by atoms with E-state index in [1.807, 2.05) is 14.0 Å². The van der Waals surface area contributed by atoms with Gasteiger partial charge >= 0.3 is 0 Å². The molecule has 0 bridgehead atoms. The second-order valence-electron chi connectivity index (χ2n) is 3.68. The first kappa shape index (κ1) is 12.0. The number of hydrogen-bond donors (Lipinski definition) is 1. The lowest BCUT2D eigenvalue weighted by atomic mass is 10.2. The van der Waals surface area contributed by atoms with E-state index in [2.05, 4.69) is 41.2 Å². The molecular formula is C12H21N3. The zero-order valence-electron chi connectivity index (χ0n) is 10.2. The summed E-state index contributed by atoms with van der Waals surface area (Å²) in [6.07, 6.45) is 0. The van der Waals surface area contributed by atoms with E-state index < -0.39 is 0 Å². The lowest BCUT2D eigenvalue weighted by Gasteiger charge is -2.21. The molecule has 1 N–H and O–H groups in total. The Hall–Kier alpha value is -1.09. The summed E-state index contributed by atoms with van der Waals surface area (Å²) in [6, 6.07) is 4.29. The number of rotatable bonds is 5. The highest BCUT2D eigenvalue weighted by atomic mass is 15.2. The van der Waals surface area contributed by atoms with Crippen molar-refractivity contribution >= 4 is 5.82 Å². The molecule has 1 aromatic rings. The van der Waals surface area contributed by atoms with Gasteiger partial charge in [0.05, 0.1) is 0 Å². The van der Waals surface area contributed by atoms with Gasteiger partial charge in [-0.2, -0.15) is 0 Å². The van der Waals surface area contributed by atoms with Crippen molar-refractivity contribution in [1.29, 1.82) is 0 Å². The first-order valence-corrected chi connectivity index (χ1v) is 5.58. The predicted octanol–water partition coefficient (Wildman–Crippen LogP) is 1.96. The van der Waals surface area contributed by atoms with Crippen LogP contribution in [-0.4, -0.2) is 25.1 Å². The molecule has 0 spiro atoms. The zero-order valence-corrected chi connectivity index (χ0v) is 10.2. The SMILES string of the molecule is CCN(CC)c1cc(CNC)cc(C)n1. The van der Waals surface area contributed by atoms with Gasteiger partial charge in [-0.25, -0.2) is 4.98 Å². The Morgan fingerprint density at radius 2 is 1.93 bits per heavy atom. The molecule has 0 radical (unpaired) electrons. The van der Waals surface area contributed by atoms with E-state index in [9.17, 15) is 0 Å². The summed E-state index contributed by atoms with van der Waals surface area (Å²) < 4.78 is 0. The largest absolute Gasteiger partial charge is 0.357 e. The summed E-state index contributed by atoms with van der Waals surface area (Å²) in [5.74, 6) is 1.09. The Kier molecular flexibility index (Phi) is 4.56. The molecule has 3 nitrogen and oxygen atoms in total. The van der Waals surface area contributed by atoms with E-state index in [0.29, 0.717) is 0 Å². The first-order valence-electron chi connectivity index (χ1n) is 5.58. The maximum Gasteiger partial charge on any atom is 0.129 e. The number of hydrogen-bond acceptors (Lipinski definition) is 3. The van der Waals surface area contributed by atoms with E-state index in [1.54, 1.807) is 0 Å². The van der Waals surface area contributed by atoms with Gasteiger partial charge in [0.2, 0.25) is 0 Å². The number of anilines is 1. The van der Waals surface area contributed by atoms with Gasteiger partial charge in [0.1, 0.15) is 5.82 Å². The molecule has 84 valence electrons. The average molecular weight is 207 g/mol. The minimum Gasteiger partial charge on any atom is -0.357 e. The smallest absolute Gasteiger partial charge is 0.129 e. The molecule has 0 saturated heterocycles. The Balaban J connectivity index is 2.96. The fraction of sp³-hybridized carbons (Fsp3) is 0.583. The molecule has 0 atom stereocenters. The lowest BCUT2D eigenvalue weighted by Crippen LogP contribution is -2.23. The number of pyridine rings is 1. The summed E-state index contributed by atoms with van der Waals surface area (Å²) >= 11 is 0. The Morgan fingerprint density at radius 3 is 2.47 bits per heavy atom. The van der Waals surface area contributed by atoms with Crippen LogP contribution in [0.3, 0.4) is 0 Å². The van der Waals surface area contributed by atoms with Gasteiger partial charge in [0, 0.05) is 25.3 Å². The minimum absolute atomic E-state index is 0.900. The van der Waals surface area contributed by atoms with E-state index in [-0.39, 0.29) is 0 Å². The highest BCUT2D eigenvalue weighted by Gasteiger charge is 2.05. The molecule has 0 aliphatic rings. The third-order valence-electron chi connectivity index (χ3n) is 2.47. The summed E-state index contributed by atoms with van der Waals surface area (Å²) in [6.45, 7) is 9.28. The quantitative estimate of drug-likeness (QED) is 0.800. The second kappa shape index (κ2) is 5.71. The van der Waals surface area contributed by atoms with Crippen molar-refractivity contribution in [2.75, 3.05) is 25.0 Å². The van der Waals surface area contributed by atoms with Crippen LogP contribution in [-0.2, 0) is 6.54 Å². The van der Waals surface area contributed by atoms with Crippen molar-refractivity contribution in [3.63, 3.8) is 0 Å². The zero-order chi connectivity index (χ0) is 11.3. The fourth-order valence-corrected chi connectivity index (χ4v) is 1.74. The lowest BCUT2D eigenvalue weighted by molar-refractivity contribution is 0.802. The topological polar surface area (TPSA) is 28.2 Å². The number of nitrogens with one attached hydrogen (secondary N) is 1. The van der Waals surface area contributed by atoms with Gasteiger partial charge in [0.25, 0.3) is 0 Å². The average Bonchev–Trinajstić information content (AvgIpc) is 2.19. The number of aryl methyl sites for hydroxylation is 1. The van der Waals surface area contributed by atoms with Crippen molar-refractivity contribution in [3.8, 4) is 0 Å². The van der Waals surface area contributed by atoms with Crippen molar-refractivity contribution in [1.82, 2.24) is 10.3 Å². The van der Waals surface area contributed by atoms with Crippen molar-refractivity contribution in [2.45, 2.75) is 27.3 Å². The third-order valence-corrected chi connectivity index (χ3v) is 2.47. The molecule has 0 aliphatic heterocycles. The molecule has 0 amide bonds. The molecular weight excluding hydrogens is 186 g/mol. The molecule has 0 saturated carbocycles. The van der Waals surface area contributed by atoms with Crippen LogP contribution >= 0.6 is 0 Å². The summed E-state index contributed by atoms with van der Waals surface area (Å²) in [4.78, 5) is 6.83. The van der Waals surface area contributed by atoms with Crippen molar-refractivity contribution < 1.29 is 0 Å². The van der Waals surface area contributed by atoms with E-state index in [1.165, 1.54) is 5.56 Å². The highest BCUT2D eigenvalue weighted by Crippen LogP contribution is 2.14. The van der Waals surface area contributed by atoms with Crippen LogP contribution in [0.5, 0.6) is 0 Å². The fourth-order valence-electron chi connectivity index (χ4n) is 1.74. The van der Waals surface area contributed by atoms with E-state index in [4.69, 9.17) is 0 Å². The van der Waals surface area contributed by atoms with Crippen LogP contribution < -0.4 is 10.2 Å². The Labute approximate surface area is 92.5 Å². The first-order chi connectivity index (χ1) is 7.21. The van der Waals surface area contributed by atoms with Gasteiger partial charge in [-0.1, -0.05) is 0 Å². The van der Waals surface area contributed by atoms with Gasteiger partial charge in [0.15, 0.2) is 0 Å². The van der Waals surface area contributed by atoms with Crippen LogP contribution in [0.15, 0.2) is 12.1 Å². The second-order valence-corrected chi connectivity index (χ2v) is 3.68. The van der Waals surface area contributed by atoms with E-state index >= 15 is 0 Å². The van der Waals surface area contributed by atoms with Crippen molar-refractivity contribution in [3.05, 3.63) is 23.4 Å². The summed E-state index contributed by atoms with van der Waals surface area (Å²) in [5.41, 5.74) is 2.39. The summed E-state index contributed by atoms with van der Waals surface area (Å²) in [7, 11) is 1.97. The maximum absolute atomic E-state index is 4.56. The molecule has 3 heteroatoms. The molecule has 1 aromatic heterocycles. The molecule has 1 heterocycles. The van der Waals surface area contributed by atoms with Gasteiger partial charge in [-0.15, -0.1) is 0 Å². The van der Waals surface area contributed by atoms with Gasteiger partial charge in [-0.3, -0.25) is 0 Å². The van der Waals surface area contributed by atoms with Crippen LogP contribution in [0.1, 0.15) is 25.1 Å². The normalized spacial score (nSPS) is 10.4. The monoisotopic (exact) mass is 207 g/mol. The van der Waals surface area contributed by atoms with Crippen LogP contribution in [0.4, 0.5) is 5.82 Å². The molecule has 1 rings (SSSR count).